The van der Waals surface area contributed by atoms with Crippen LogP contribution >= 0.6 is 11.3 Å². The van der Waals surface area contributed by atoms with Crippen molar-refractivity contribution in [1.82, 2.24) is 15.0 Å². The molecule has 228 valence electrons. The fourth-order valence-corrected chi connectivity index (χ4v) is 8.31. The number of rotatable bonds is 5. The smallest absolute Gasteiger partial charge is 0.164 e. The number of aromatic nitrogens is 3. The van der Waals surface area contributed by atoms with Gasteiger partial charge in [-0.25, -0.2) is 15.0 Å². The van der Waals surface area contributed by atoms with E-state index in [9.17, 15) is 0 Å². The number of fused-ring (bicyclic) bond motifs is 3. The summed E-state index contributed by atoms with van der Waals surface area (Å²) in [7, 11) is 0. The van der Waals surface area contributed by atoms with Crippen LogP contribution in [-0.4, -0.2) is 15.0 Å². The molecule has 0 bridgehead atoms. The zero-order chi connectivity index (χ0) is 32.3. The highest BCUT2D eigenvalue weighted by Crippen LogP contribution is 2.45. The summed E-state index contributed by atoms with van der Waals surface area (Å²) in [5, 5.41) is 8.04. The molecular weight excluding hydrogens is 615 g/mol. The maximum atomic E-state index is 4.96. The van der Waals surface area contributed by atoms with E-state index in [4.69, 9.17) is 15.0 Å². The summed E-state index contributed by atoms with van der Waals surface area (Å²) < 4.78 is 2.71. The van der Waals surface area contributed by atoms with Crippen LogP contribution in [0.1, 0.15) is 0 Å². The van der Waals surface area contributed by atoms with Gasteiger partial charge in [0.05, 0.1) is 0 Å². The first-order chi connectivity index (χ1) is 24.3. The maximum Gasteiger partial charge on any atom is 0.164 e. The molecule has 0 unspecified atom stereocenters. The van der Waals surface area contributed by atoms with Crippen LogP contribution in [0.3, 0.4) is 0 Å². The summed E-state index contributed by atoms with van der Waals surface area (Å²) in [6.45, 7) is 0. The molecule has 4 heteroatoms. The van der Waals surface area contributed by atoms with Crippen molar-refractivity contribution in [1.29, 1.82) is 0 Å². The quantitative estimate of drug-likeness (QED) is 0.176. The zero-order valence-corrected chi connectivity index (χ0v) is 27.2. The van der Waals surface area contributed by atoms with Gasteiger partial charge in [-0.2, -0.15) is 0 Å². The Bertz CT molecular complexity index is 2760. The van der Waals surface area contributed by atoms with Crippen molar-refractivity contribution in [2.75, 3.05) is 0 Å². The Labute approximate surface area is 287 Å². The third kappa shape index (κ3) is 4.68. The molecule has 0 radical (unpaired) electrons. The molecule has 0 atom stereocenters. The lowest BCUT2D eigenvalue weighted by molar-refractivity contribution is 1.07. The number of hydrogen-bond acceptors (Lipinski definition) is 4. The highest BCUT2D eigenvalue weighted by Gasteiger charge is 2.17. The fourth-order valence-electron chi connectivity index (χ4n) is 7.15. The molecule has 0 aliphatic carbocycles. The topological polar surface area (TPSA) is 38.7 Å². The summed E-state index contributed by atoms with van der Waals surface area (Å²) >= 11 is 1.89. The van der Waals surface area contributed by atoms with Gasteiger partial charge >= 0.3 is 0 Å². The molecule has 2 aromatic heterocycles. The second kappa shape index (κ2) is 11.2. The average molecular weight is 642 g/mol. The van der Waals surface area contributed by atoms with E-state index in [-0.39, 0.29) is 0 Å². The van der Waals surface area contributed by atoms with Crippen molar-refractivity contribution < 1.29 is 0 Å². The van der Waals surface area contributed by atoms with Crippen molar-refractivity contribution in [3.8, 4) is 56.4 Å². The first kappa shape index (κ1) is 27.8. The molecule has 0 aliphatic heterocycles. The maximum absolute atomic E-state index is 4.96. The van der Waals surface area contributed by atoms with Gasteiger partial charge < -0.3 is 0 Å². The second-order valence-electron chi connectivity index (χ2n) is 12.4. The monoisotopic (exact) mass is 641 g/mol. The Morgan fingerprint density at radius 3 is 1.29 bits per heavy atom. The summed E-state index contributed by atoms with van der Waals surface area (Å²) in [6.07, 6.45) is 0. The van der Waals surface area contributed by atoms with E-state index >= 15 is 0 Å². The second-order valence-corrected chi connectivity index (χ2v) is 13.5. The minimum atomic E-state index is 0.650. The van der Waals surface area contributed by atoms with Gasteiger partial charge in [0.25, 0.3) is 0 Å². The molecule has 0 fully saturated rings. The summed E-state index contributed by atoms with van der Waals surface area (Å²) in [4.78, 5) is 14.8. The van der Waals surface area contributed by atoms with E-state index in [0.717, 1.165) is 27.8 Å². The highest BCUT2D eigenvalue weighted by atomic mass is 32.1. The standard InChI is InChI=1S/C45H27N3S/c1-3-11-28(12-4-1)43-46-44(29-13-5-2-6-14-29)48-45(47-43)34-18-8-17-32(26-34)30-15-7-16-31(25-30)33-23-24-35-36-19-9-21-39-41(36)42-37(38(35)27-33)20-10-22-40(42)49-39/h1-27H. The highest BCUT2D eigenvalue weighted by molar-refractivity contribution is 7.26. The molecule has 0 amide bonds. The lowest BCUT2D eigenvalue weighted by Crippen LogP contribution is -2.00. The van der Waals surface area contributed by atoms with Crippen LogP contribution in [0.4, 0.5) is 0 Å². The summed E-state index contributed by atoms with van der Waals surface area (Å²) in [6, 6.07) is 57.9. The van der Waals surface area contributed by atoms with Gasteiger partial charge in [-0.3, -0.25) is 0 Å². The summed E-state index contributed by atoms with van der Waals surface area (Å²) in [5.41, 5.74) is 7.51. The minimum absolute atomic E-state index is 0.650. The molecule has 3 nitrogen and oxygen atoms in total. The van der Waals surface area contributed by atoms with Gasteiger partial charge in [0, 0.05) is 36.9 Å². The van der Waals surface area contributed by atoms with Crippen LogP contribution in [0, 0.1) is 0 Å². The Morgan fingerprint density at radius 1 is 0.286 bits per heavy atom. The van der Waals surface area contributed by atoms with Gasteiger partial charge in [-0.15, -0.1) is 11.3 Å². The van der Waals surface area contributed by atoms with Gasteiger partial charge in [-0.05, 0) is 74.1 Å². The van der Waals surface area contributed by atoms with Crippen LogP contribution < -0.4 is 0 Å². The van der Waals surface area contributed by atoms with Gasteiger partial charge in [0.15, 0.2) is 17.5 Å². The first-order valence-electron chi connectivity index (χ1n) is 16.4. The molecule has 8 aromatic carbocycles. The molecule has 2 heterocycles. The van der Waals surface area contributed by atoms with Crippen LogP contribution in [0.25, 0.3) is 98.1 Å². The third-order valence-electron chi connectivity index (χ3n) is 9.47. The predicted octanol–water partition coefficient (Wildman–Crippen LogP) is 12.3. The molecule has 0 N–H and O–H groups in total. The number of hydrogen-bond donors (Lipinski definition) is 0. The molecule has 0 spiro atoms. The van der Waals surface area contributed by atoms with Crippen molar-refractivity contribution in [2.24, 2.45) is 0 Å². The van der Waals surface area contributed by atoms with Crippen molar-refractivity contribution in [3.63, 3.8) is 0 Å². The Balaban J connectivity index is 1.08. The SMILES string of the molecule is c1ccc(-c2nc(-c3ccccc3)nc(-c3cccc(-c4cccc(-c5ccc6c(c5)c5cccc7sc8cccc6c8c75)c4)c3)n2)cc1. The number of nitrogens with zero attached hydrogens (tertiary/aromatic N) is 3. The molecule has 0 saturated heterocycles. The van der Waals surface area contributed by atoms with Gasteiger partial charge in [0.1, 0.15) is 0 Å². The van der Waals surface area contributed by atoms with Gasteiger partial charge in [0.2, 0.25) is 0 Å². The zero-order valence-electron chi connectivity index (χ0n) is 26.3. The average Bonchev–Trinajstić information content (AvgIpc) is 3.58. The van der Waals surface area contributed by atoms with Crippen molar-refractivity contribution in [3.05, 3.63) is 164 Å². The molecular formula is C45H27N3S. The molecule has 0 aliphatic rings. The molecule has 49 heavy (non-hydrogen) atoms. The van der Waals surface area contributed by atoms with Gasteiger partial charge in [-0.1, -0.05) is 133 Å². The van der Waals surface area contributed by atoms with Crippen LogP contribution in [-0.2, 0) is 0 Å². The van der Waals surface area contributed by atoms with Crippen LogP contribution in [0.15, 0.2) is 164 Å². The van der Waals surface area contributed by atoms with Crippen LogP contribution in [0.5, 0.6) is 0 Å². The lowest BCUT2D eigenvalue weighted by atomic mass is 9.91. The Hall–Kier alpha value is -6.23. The normalized spacial score (nSPS) is 11.7. The molecule has 10 rings (SSSR count). The predicted molar refractivity (Wildman–Crippen MR) is 206 cm³/mol. The van der Waals surface area contributed by atoms with Crippen molar-refractivity contribution >= 4 is 53.1 Å². The van der Waals surface area contributed by atoms with E-state index < -0.39 is 0 Å². The largest absolute Gasteiger partial charge is 0.208 e. The van der Waals surface area contributed by atoms with Crippen LogP contribution in [0.2, 0.25) is 0 Å². The molecule has 0 saturated carbocycles. The molecule has 10 aromatic rings. The minimum Gasteiger partial charge on any atom is -0.208 e. The van der Waals surface area contributed by atoms with E-state index in [1.807, 2.05) is 72.0 Å². The first-order valence-corrected chi connectivity index (χ1v) is 17.3. The van der Waals surface area contributed by atoms with Crippen molar-refractivity contribution in [2.45, 2.75) is 0 Å². The number of benzene rings is 8. The van der Waals surface area contributed by atoms with E-state index in [0.29, 0.717) is 17.5 Å². The van der Waals surface area contributed by atoms with E-state index in [2.05, 4.69) is 103 Å². The Morgan fingerprint density at radius 2 is 0.714 bits per heavy atom. The van der Waals surface area contributed by atoms with E-state index in [1.54, 1.807) is 0 Å². The number of thiophene rings is 1. The fraction of sp³-hybridized carbons (Fsp3) is 0. The third-order valence-corrected chi connectivity index (χ3v) is 10.6. The summed E-state index contributed by atoms with van der Waals surface area (Å²) in [5.74, 6) is 1.97. The van der Waals surface area contributed by atoms with E-state index in [1.165, 1.54) is 52.8 Å². The Kier molecular flexibility index (Phi) is 6.36. The lowest BCUT2D eigenvalue weighted by Gasteiger charge is -2.12.